The van der Waals surface area contributed by atoms with Crippen LogP contribution >= 0.6 is 0 Å². The Morgan fingerprint density at radius 1 is 1.27 bits per heavy atom. The van der Waals surface area contributed by atoms with Gasteiger partial charge in [-0.15, -0.1) is 0 Å². The molecule has 2 heterocycles. The number of ether oxygens (including phenoxy) is 2. The zero-order valence-electron chi connectivity index (χ0n) is 16.4. The Morgan fingerprint density at radius 3 is 2.67 bits per heavy atom. The average molecular weight is 412 g/mol. The van der Waals surface area contributed by atoms with Crippen LogP contribution in [0.1, 0.15) is 16.1 Å². The van der Waals surface area contributed by atoms with Gasteiger partial charge in [0.05, 0.1) is 20.3 Å². The molecule has 1 unspecified atom stereocenters. The molecular weight excluding hydrogens is 392 g/mol. The first kappa shape index (κ1) is 20.7. The highest BCUT2D eigenvalue weighted by Gasteiger charge is 2.26. The van der Waals surface area contributed by atoms with E-state index in [1.807, 2.05) is 30.3 Å². The van der Waals surface area contributed by atoms with Crippen molar-refractivity contribution in [2.24, 2.45) is 5.10 Å². The fraction of sp³-hybridized carbons (Fsp3) is 0.263. The molecule has 30 heavy (non-hydrogen) atoms. The largest absolute Gasteiger partial charge is 0.481 e. The number of rotatable bonds is 8. The number of amides is 4. The van der Waals surface area contributed by atoms with E-state index in [9.17, 15) is 14.4 Å². The Bertz CT molecular complexity index is 943. The monoisotopic (exact) mass is 412 g/mol. The predicted molar refractivity (Wildman–Crippen MR) is 105 cm³/mol. The summed E-state index contributed by atoms with van der Waals surface area (Å²) in [5.41, 5.74) is 0.980. The van der Waals surface area contributed by atoms with Crippen molar-refractivity contribution in [2.75, 3.05) is 20.8 Å². The molecule has 156 valence electrons. The summed E-state index contributed by atoms with van der Waals surface area (Å²) in [6.45, 7) is -0.179. The Kier molecular flexibility index (Phi) is 6.53. The van der Waals surface area contributed by atoms with Crippen LogP contribution in [0.5, 0.6) is 11.9 Å². The van der Waals surface area contributed by atoms with Crippen molar-refractivity contribution >= 4 is 24.1 Å². The molecule has 1 aromatic heterocycles. The first-order valence-electron chi connectivity index (χ1n) is 8.95. The van der Waals surface area contributed by atoms with E-state index in [1.54, 1.807) is 0 Å². The van der Waals surface area contributed by atoms with Crippen molar-refractivity contribution in [3.63, 3.8) is 0 Å². The van der Waals surface area contributed by atoms with Gasteiger partial charge in [-0.2, -0.15) is 15.1 Å². The number of hydrogen-bond acceptors (Lipinski definition) is 8. The maximum absolute atomic E-state index is 12.8. The molecule has 0 bridgehead atoms. The van der Waals surface area contributed by atoms with Gasteiger partial charge >= 0.3 is 12.0 Å². The molecule has 2 aromatic rings. The van der Waals surface area contributed by atoms with E-state index >= 15 is 0 Å². The predicted octanol–water partition coefficient (Wildman–Crippen LogP) is 0.373. The van der Waals surface area contributed by atoms with Crippen molar-refractivity contribution in [1.29, 1.82) is 0 Å². The molecule has 11 nitrogen and oxygen atoms in total. The highest BCUT2D eigenvalue weighted by molar-refractivity contribution is 6.02. The van der Waals surface area contributed by atoms with Gasteiger partial charge in [-0.05, 0) is 12.0 Å². The van der Waals surface area contributed by atoms with Crippen LogP contribution in [-0.2, 0) is 11.2 Å². The van der Waals surface area contributed by atoms with Gasteiger partial charge in [0.25, 0.3) is 5.91 Å². The van der Waals surface area contributed by atoms with Crippen LogP contribution in [0, 0.1) is 0 Å². The normalized spacial score (nSPS) is 14.5. The minimum atomic E-state index is -0.619. The first-order valence-corrected chi connectivity index (χ1v) is 8.95. The maximum atomic E-state index is 12.8. The van der Waals surface area contributed by atoms with Crippen molar-refractivity contribution in [3.05, 3.63) is 47.7 Å². The molecule has 1 aliphatic rings. The second kappa shape index (κ2) is 9.45. The lowest BCUT2D eigenvalue weighted by Crippen LogP contribution is -2.39. The number of urea groups is 1. The van der Waals surface area contributed by atoms with Crippen LogP contribution < -0.4 is 20.1 Å². The lowest BCUT2D eigenvalue weighted by molar-refractivity contribution is -0.118. The minimum absolute atomic E-state index is 0.0139. The summed E-state index contributed by atoms with van der Waals surface area (Å²) in [6, 6.07) is 9.58. The Balaban J connectivity index is 1.80. The Morgan fingerprint density at radius 2 is 2.03 bits per heavy atom. The third kappa shape index (κ3) is 5.28. The number of methoxy groups -OCH3 is 2. The van der Waals surface area contributed by atoms with Crippen molar-refractivity contribution < 1.29 is 23.9 Å². The average Bonchev–Trinajstić information content (AvgIpc) is 3.09. The molecular formula is C19H20N6O5. The van der Waals surface area contributed by atoms with E-state index in [1.165, 1.54) is 26.5 Å². The van der Waals surface area contributed by atoms with Gasteiger partial charge in [-0.3, -0.25) is 14.9 Å². The zero-order chi connectivity index (χ0) is 21.5. The molecule has 0 aliphatic carbocycles. The van der Waals surface area contributed by atoms with Gasteiger partial charge in [0.2, 0.25) is 11.8 Å². The quantitative estimate of drug-likeness (QED) is 0.472. The smallest absolute Gasteiger partial charge is 0.344 e. The van der Waals surface area contributed by atoms with Crippen molar-refractivity contribution in [1.82, 2.24) is 25.6 Å². The van der Waals surface area contributed by atoms with Gasteiger partial charge in [0.15, 0.2) is 0 Å². The van der Waals surface area contributed by atoms with E-state index in [0.29, 0.717) is 6.42 Å². The summed E-state index contributed by atoms with van der Waals surface area (Å²) in [5.74, 6) is -0.781. The summed E-state index contributed by atoms with van der Waals surface area (Å²) < 4.78 is 10.1. The number of carbonyl (C=O) groups is 3. The summed E-state index contributed by atoms with van der Waals surface area (Å²) in [4.78, 5) is 43.8. The summed E-state index contributed by atoms with van der Waals surface area (Å²) in [6.07, 6.45) is 1.80. The molecule has 1 saturated heterocycles. The van der Waals surface area contributed by atoms with Crippen LogP contribution in [0.15, 0.2) is 41.5 Å². The number of nitrogens with one attached hydrogen (secondary N) is 2. The summed E-state index contributed by atoms with van der Waals surface area (Å²) in [7, 11) is 2.79. The maximum Gasteiger partial charge on any atom is 0.344 e. The number of benzene rings is 1. The topological polar surface area (TPSA) is 135 Å². The molecule has 2 N–H and O–H groups in total. The molecule has 0 radical (unpaired) electrons. The molecule has 0 spiro atoms. The summed E-state index contributed by atoms with van der Waals surface area (Å²) >= 11 is 0. The molecule has 1 aliphatic heterocycles. The highest BCUT2D eigenvalue weighted by atomic mass is 16.5. The lowest BCUT2D eigenvalue weighted by atomic mass is 10.1. The van der Waals surface area contributed by atoms with Crippen molar-refractivity contribution in [3.8, 4) is 11.9 Å². The lowest BCUT2D eigenvalue weighted by Gasteiger charge is -2.16. The molecule has 1 fully saturated rings. The Labute approximate surface area is 172 Å². The minimum Gasteiger partial charge on any atom is -0.481 e. The van der Waals surface area contributed by atoms with Crippen LogP contribution in [0.4, 0.5) is 4.79 Å². The van der Waals surface area contributed by atoms with Crippen LogP contribution in [0.3, 0.4) is 0 Å². The molecule has 1 aromatic carbocycles. The van der Waals surface area contributed by atoms with Gasteiger partial charge in [-0.25, -0.2) is 9.80 Å². The third-order valence-corrected chi connectivity index (χ3v) is 4.08. The summed E-state index contributed by atoms with van der Waals surface area (Å²) in [5, 5.41) is 9.97. The van der Waals surface area contributed by atoms with Crippen LogP contribution in [-0.4, -0.2) is 65.8 Å². The molecule has 11 heteroatoms. The van der Waals surface area contributed by atoms with E-state index in [2.05, 4.69) is 25.7 Å². The highest BCUT2D eigenvalue weighted by Crippen LogP contribution is 2.14. The SMILES string of the molecule is COc1cc(C(=O)NC(C=NN2CC(=O)NC2=O)Cc2ccccc2)nc(OC)n1. The molecule has 3 rings (SSSR count). The molecule has 4 amide bonds. The second-order valence-corrected chi connectivity index (χ2v) is 6.23. The zero-order valence-corrected chi connectivity index (χ0v) is 16.4. The van der Waals surface area contributed by atoms with Gasteiger partial charge in [0.1, 0.15) is 12.2 Å². The van der Waals surface area contributed by atoms with Gasteiger partial charge in [-0.1, -0.05) is 30.3 Å². The number of imide groups is 1. The van der Waals surface area contributed by atoms with Crippen LogP contribution in [0.25, 0.3) is 0 Å². The van der Waals surface area contributed by atoms with Gasteiger partial charge < -0.3 is 14.8 Å². The van der Waals surface area contributed by atoms with E-state index in [-0.39, 0.29) is 24.1 Å². The molecule has 1 atom stereocenters. The third-order valence-electron chi connectivity index (χ3n) is 4.08. The molecule has 0 saturated carbocycles. The van der Waals surface area contributed by atoms with Gasteiger partial charge in [0, 0.05) is 12.3 Å². The van der Waals surface area contributed by atoms with E-state index in [0.717, 1.165) is 10.6 Å². The fourth-order valence-electron chi connectivity index (χ4n) is 2.65. The second-order valence-electron chi connectivity index (χ2n) is 6.23. The van der Waals surface area contributed by atoms with E-state index < -0.39 is 23.9 Å². The van der Waals surface area contributed by atoms with Crippen LogP contribution in [0.2, 0.25) is 0 Å². The number of hydrazone groups is 1. The number of hydrogen-bond donors (Lipinski definition) is 2. The van der Waals surface area contributed by atoms with E-state index in [4.69, 9.17) is 9.47 Å². The van der Waals surface area contributed by atoms with Crippen molar-refractivity contribution in [2.45, 2.75) is 12.5 Å². The Hall–Kier alpha value is -4.02. The standard InChI is InChI=1S/C19H20N6O5/c1-29-16-9-14(22-18(24-16)30-2)17(27)21-13(8-12-6-4-3-5-7-12)10-20-25-11-15(26)23-19(25)28/h3-7,9-10,13H,8,11H2,1-2H3,(H,21,27)(H,23,26,28). The number of nitrogens with zero attached hydrogens (tertiary/aromatic N) is 4. The first-order chi connectivity index (χ1) is 14.5. The number of carbonyl (C=O) groups excluding carboxylic acids is 3. The fourth-order valence-corrected chi connectivity index (χ4v) is 2.65. The number of aromatic nitrogens is 2.